The Morgan fingerprint density at radius 2 is 1.86 bits per heavy atom. The number of fused-ring (bicyclic) bond motifs is 1. The fourth-order valence-corrected chi connectivity index (χ4v) is 3.82. The summed E-state index contributed by atoms with van der Waals surface area (Å²) in [5, 5.41) is 0. The standard InChI is InChI=1S/C21H20N2O5/c1-3-27-19(26)21(18(22)25)20(2,28-21)14-8-10-15(11-9-14)23-12-13-6-4-5-7-16(13)17(23)24/h4-11H,3,12H2,1-2H3,(H2,22,25)/t20-,21+/m0/s1. The maximum atomic E-state index is 12.6. The molecule has 0 aliphatic carbocycles. The normalized spacial score (nSPS) is 25.4. The van der Waals surface area contributed by atoms with E-state index < -0.39 is 23.1 Å². The second-order valence-electron chi connectivity index (χ2n) is 7.00. The van der Waals surface area contributed by atoms with Gasteiger partial charge in [0.2, 0.25) is 0 Å². The van der Waals surface area contributed by atoms with Crippen LogP contribution in [0, 0.1) is 0 Å². The second-order valence-corrected chi connectivity index (χ2v) is 7.00. The topological polar surface area (TPSA) is 102 Å². The van der Waals surface area contributed by atoms with Gasteiger partial charge in [0.25, 0.3) is 17.4 Å². The molecule has 0 unspecified atom stereocenters. The summed E-state index contributed by atoms with van der Waals surface area (Å²) < 4.78 is 10.5. The molecule has 2 aliphatic heterocycles. The molecule has 7 nitrogen and oxygen atoms in total. The lowest BCUT2D eigenvalue weighted by Crippen LogP contribution is -2.45. The fraction of sp³-hybridized carbons (Fsp3) is 0.286. The molecule has 2 aromatic rings. The summed E-state index contributed by atoms with van der Waals surface area (Å²) in [5.41, 5.74) is 5.41. The number of anilines is 1. The van der Waals surface area contributed by atoms with Gasteiger partial charge in [0.15, 0.2) is 0 Å². The average molecular weight is 380 g/mol. The summed E-state index contributed by atoms with van der Waals surface area (Å²) in [6, 6.07) is 14.5. The maximum Gasteiger partial charge on any atom is 0.351 e. The molecule has 0 spiro atoms. The van der Waals surface area contributed by atoms with E-state index in [2.05, 4.69) is 0 Å². The minimum absolute atomic E-state index is 0.0600. The number of rotatable bonds is 5. The number of epoxide rings is 1. The molecule has 2 heterocycles. The van der Waals surface area contributed by atoms with Gasteiger partial charge in [-0.25, -0.2) is 4.79 Å². The smallest absolute Gasteiger partial charge is 0.351 e. The summed E-state index contributed by atoms with van der Waals surface area (Å²) in [4.78, 5) is 38.6. The first kappa shape index (κ1) is 18.2. The summed E-state index contributed by atoms with van der Waals surface area (Å²) in [6.45, 7) is 3.88. The molecular formula is C21H20N2O5. The summed E-state index contributed by atoms with van der Waals surface area (Å²) in [5.74, 6) is -1.74. The Bertz CT molecular complexity index is 987. The van der Waals surface area contributed by atoms with E-state index in [9.17, 15) is 14.4 Å². The van der Waals surface area contributed by atoms with Crippen LogP contribution in [0.4, 0.5) is 5.69 Å². The number of nitrogens with zero attached hydrogens (tertiary/aromatic N) is 1. The number of ether oxygens (including phenoxy) is 2. The van der Waals surface area contributed by atoms with Crippen LogP contribution in [0.3, 0.4) is 0 Å². The van der Waals surface area contributed by atoms with Crippen LogP contribution in [0.25, 0.3) is 0 Å². The van der Waals surface area contributed by atoms with Crippen molar-refractivity contribution in [3.05, 3.63) is 65.2 Å². The van der Waals surface area contributed by atoms with Crippen LogP contribution in [-0.2, 0) is 31.2 Å². The summed E-state index contributed by atoms with van der Waals surface area (Å²) in [6.07, 6.45) is 0. The molecule has 4 rings (SSSR count). The number of carbonyl (C=O) groups excluding carboxylic acids is 3. The fourth-order valence-electron chi connectivity index (χ4n) is 3.82. The quantitative estimate of drug-likeness (QED) is 0.485. The predicted octanol–water partition coefficient (Wildman–Crippen LogP) is 1.88. The van der Waals surface area contributed by atoms with Gasteiger partial charge in [0.05, 0.1) is 13.2 Å². The minimum atomic E-state index is -1.83. The van der Waals surface area contributed by atoms with Gasteiger partial charge in [0.1, 0.15) is 5.60 Å². The van der Waals surface area contributed by atoms with E-state index >= 15 is 0 Å². The third-order valence-corrected chi connectivity index (χ3v) is 5.45. The van der Waals surface area contributed by atoms with Gasteiger partial charge in [-0.3, -0.25) is 9.59 Å². The monoisotopic (exact) mass is 380 g/mol. The first-order valence-electron chi connectivity index (χ1n) is 9.02. The molecule has 1 saturated heterocycles. The van der Waals surface area contributed by atoms with E-state index in [1.807, 2.05) is 24.3 Å². The number of primary amides is 1. The highest BCUT2D eigenvalue weighted by Gasteiger charge is 2.78. The van der Waals surface area contributed by atoms with Crippen LogP contribution >= 0.6 is 0 Å². The van der Waals surface area contributed by atoms with E-state index in [1.165, 1.54) is 0 Å². The van der Waals surface area contributed by atoms with Crippen molar-refractivity contribution in [3.63, 3.8) is 0 Å². The average Bonchev–Trinajstić information content (AvgIpc) is 3.23. The molecule has 0 aromatic heterocycles. The second kappa shape index (κ2) is 6.17. The Morgan fingerprint density at radius 1 is 1.18 bits per heavy atom. The van der Waals surface area contributed by atoms with Crippen molar-refractivity contribution in [2.75, 3.05) is 11.5 Å². The van der Waals surface area contributed by atoms with Crippen LogP contribution in [0.5, 0.6) is 0 Å². The lowest BCUT2D eigenvalue weighted by atomic mass is 9.87. The lowest BCUT2D eigenvalue weighted by molar-refractivity contribution is -0.153. The first-order valence-corrected chi connectivity index (χ1v) is 9.02. The van der Waals surface area contributed by atoms with Crippen LogP contribution in [0.2, 0.25) is 0 Å². The van der Waals surface area contributed by atoms with Crippen molar-refractivity contribution in [3.8, 4) is 0 Å². The molecule has 2 N–H and O–H groups in total. The van der Waals surface area contributed by atoms with Gasteiger partial charge in [-0.1, -0.05) is 30.3 Å². The van der Waals surface area contributed by atoms with Gasteiger partial charge < -0.3 is 20.1 Å². The highest BCUT2D eigenvalue weighted by atomic mass is 16.7. The number of hydrogen-bond donors (Lipinski definition) is 1. The van der Waals surface area contributed by atoms with Gasteiger partial charge in [-0.15, -0.1) is 0 Å². The number of esters is 1. The molecule has 2 amide bonds. The zero-order valence-electron chi connectivity index (χ0n) is 15.6. The van der Waals surface area contributed by atoms with Crippen LogP contribution in [0.1, 0.15) is 35.3 Å². The molecule has 0 bridgehead atoms. The van der Waals surface area contributed by atoms with Gasteiger partial charge in [0, 0.05) is 11.3 Å². The summed E-state index contributed by atoms with van der Waals surface area (Å²) >= 11 is 0. The Kier molecular flexibility index (Phi) is 4.01. The van der Waals surface area contributed by atoms with Crippen molar-refractivity contribution in [2.45, 2.75) is 31.6 Å². The Balaban J connectivity index is 1.60. The van der Waals surface area contributed by atoms with Crippen molar-refractivity contribution < 1.29 is 23.9 Å². The van der Waals surface area contributed by atoms with Crippen LogP contribution < -0.4 is 10.6 Å². The van der Waals surface area contributed by atoms with Crippen molar-refractivity contribution in [2.24, 2.45) is 5.73 Å². The zero-order valence-corrected chi connectivity index (χ0v) is 15.6. The highest BCUT2D eigenvalue weighted by Crippen LogP contribution is 2.56. The Morgan fingerprint density at radius 3 is 2.46 bits per heavy atom. The van der Waals surface area contributed by atoms with Crippen LogP contribution in [0.15, 0.2) is 48.5 Å². The van der Waals surface area contributed by atoms with Crippen LogP contribution in [-0.4, -0.2) is 30.0 Å². The van der Waals surface area contributed by atoms with E-state index in [1.54, 1.807) is 43.0 Å². The van der Waals surface area contributed by atoms with Crippen molar-refractivity contribution in [1.29, 1.82) is 0 Å². The number of amides is 2. The number of benzene rings is 2. The molecule has 2 aromatic carbocycles. The molecule has 2 aliphatic rings. The molecule has 28 heavy (non-hydrogen) atoms. The maximum absolute atomic E-state index is 12.6. The SMILES string of the molecule is CCOC(=O)[C@@]1(C(N)=O)O[C@@]1(C)c1ccc(N2Cc3ccccc3C2=O)cc1. The number of nitrogens with two attached hydrogens (primary N) is 1. The van der Waals surface area contributed by atoms with Gasteiger partial charge >= 0.3 is 5.97 Å². The Labute approximate surface area is 162 Å². The molecule has 7 heteroatoms. The minimum Gasteiger partial charge on any atom is -0.463 e. The van der Waals surface area contributed by atoms with E-state index in [0.29, 0.717) is 17.7 Å². The molecule has 1 fully saturated rings. The number of carbonyl (C=O) groups is 3. The third-order valence-electron chi connectivity index (χ3n) is 5.45. The first-order chi connectivity index (χ1) is 13.3. The number of hydrogen-bond acceptors (Lipinski definition) is 5. The largest absolute Gasteiger partial charge is 0.463 e. The van der Waals surface area contributed by atoms with Crippen molar-refractivity contribution >= 4 is 23.5 Å². The lowest BCUT2D eigenvalue weighted by Gasteiger charge is -2.18. The van der Waals surface area contributed by atoms with Gasteiger partial charge in [-0.05, 0) is 43.2 Å². The predicted molar refractivity (Wildman–Crippen MR) is 100 cm³/mol. The molecular weight excluding hydrogens is 360 g/mol. The highest BCUT2D eigenvalue weighted by molar-refractivity contribution is 6.11. The Hall–Kier alpha value is -3.19. The van der Waals surface area contributed by atoms with E-state index in [0.717, 1.165) is 11.3 Å². The third kappa shape index (κ3) is 2.36. The van der Waals surface area contributed by atoms with E-state index in [-0.39, 0.29) is 12.5 Å². The molecule has 0 radical (unpaired) electrons. The molecule has 0 saturated carbocycles. The zero-order chi connectivity index (χ0) is 20.1. The van der Waals surface area contributed by atoms with Crippen molar-refractivity contribution in [1.82, 2.24) is 0 Å². The summed E-state index contributed by atoms with van der Waals surface area (Å²) in [7, 11) is 0. The molecule has 144 valence electrons. The molecule has 2 atom stereocenters. The van der Waals surface area contributed by atoms with E-state index in [4.69, 9.17) is 15.2 Å². The van der Waals surface area contributed by atoms with Gasteiger partial charge in [-0.2, -0.15) is 0 Å².